The second-order valence-electron chi connectivity index (χ2n) is 10.9. The van der Waals surface area contributed by atoms with Crippen molar-refractivity contribution in [2.75, 3.05) is 20.1 Å². The first-order valence-corrected chi connectivity index (χ1v) is 12.6. The zero-order valence-electron chi connectivity index (χ0n) is 22.7. The van der Waals surface area contributed by atoms with Gasteiger partial charge in [-0.1, -0.05) is 12.1 Å². The van der Waals surface area contributed by atoms with E-state index in [4.69, 9.17) is 4.74 Å². The Morgan fingerprint density at radius 1 is 0.950 bits per heavy atom. The summed E-state index contributed by atoms with van der Waals surface area (Å²) in [5.41, 5.74) is -3.50. The summed E-state index contributed by atoms with van der Waals surface area (Å²) in [6.07, 6.45) is -10.5. The number of hydrogen-bond acceptors (Lipinski definition) is 3. The summed E-state index contributed by atoms with van der Waals surface area (Å²) < 4.78 is 99.5. The molecule has 5 nitrogen and oxygen atoms in total. The van der Waals surface area contributed by atoms with E-state index in [0.29, 0.717) is 17.7 Å². The van der Waals surface area contributed by atoms with Crippen molar-refractivity contribution in [3.63, 3.8) is 0 Å². The Morgan fingerprint density at radius 3 is 1.95 bits per heavy atom. The van der Waals surface area contributed by atoms with Gasteiger partial charge in [-0.2, -0.15) is 26.3 Å². The van der Waals surface area contributed by atoms with Crippen LogP contribution >= 0.6 is 0 Å². The van der Waals surface area contributed by atoms with Gasteiger partial charge in [-0.05, 0) is 75.6 Å². The van der Waals surface area contributed by atoms with Gasteiger partial charge in [0, 0.05) is 32.0 Å². The summed E-state index contributed by atoms with van der Waals surface area (Å²) >= 11 is 0. The molecule has 1 heterocycles. The lowest BCUT2D eigenvalue weighted by molar-refractivity contribution is -0.143. The quantitative estimate of drug-likeness (QED) is 0.356. The molecule has 1 aliphatic rings. The van der Waals surface area contributed by atoms with Crippen LogP contribution in [-0.2, 0) is 21.9 Å². The molecular weight excluding hydrogens is 545 g/mol. The molecule has 2 aromatic carbocycles. The first-order chi connectivity index (χ1) is 18.3. The summed E-state index contributed by atoms with van der Waals surface area (Å²) in [5.74, 6) is -2.46. The second kappa shape index (κ2) is 11.3. The van der Waals surface area contributed by atoms with E-state index in [-0.39, 0.29) is 31.1 Å². The van der Waals surface area contributed by atoms with E-state index in [1.54, 1.807) is 20.8 Å². The van der Waals surface area contributed by atoms with Crippen LogP contribution in [0.5, 0.6) is 0 Å². The zero-order valence-corrected chi connectivity index (χ0v) is 22.7. The summed E-state index contributed by atoms with van der Waals surface area (Å²) in [6, 6.07) is 5.46. The van der Waals surface area contributed by atoms with Crippen molar-refractivity contribution in [2.24, 2.45) is 5.92 Å². The summed E-state index contributed by atoms with van der Waals surface area (Å²) in [7, 11) is 1.31. The molecule has 2 aromatic rings. The smallest absolute Gasteiger partial charge is 0.416 e. The highest BCUT2D eigenvalue weighted by Crippen LogP contribution is 2.40. The maximum atomic E-state index is 13.7. The third kappa shape index (κ3) is 7.45. The fourth-order valence-corrected chi connectivity index (χ4v) is 4.68. The number of likely N-dealkylation sites (tertiary alicyclic amines) is 1. The number of piperidine rings is 1. The number of amides is 2. The van der Waals surface area contributed by atoms with E-state index in [9.17, 15) is 40.3 Å². The minimum Gasteiger partial charge on any atom is -0.444 e. The van der Waals surface area contributed by atoms with Crippen LogP contribution in [0.15, 0.2) is 42.5 Å². The molecule has 0 saturated carbocycles. The molecule has 12 heteroatoms. The third-order valence-corrected chi connectivity index (χ3v) is 6.90. The number of carbonyl (C=O) groups is 2. The second-order valence-corrected chi connectivity index (χ2v) is 10.9. The normalized spacial score (nSPS) is 19.2. The topological polar surface area (TPSA) is 49.9 Å². The molecule has 0 spiro atoms. The number of carbonyl (C=O) groups excluding carboxylic acids is 2. The van der Waals surface area contributed by atoms with E-state index in [1.807, 2.05) is 0 Å². The van der Waals surface area contributed by atoms with Crippen LogP contribution in [0.1, 0.15) is 68.3 Å². The molecule has 0 aliphatic carbocycles. The Morgan fingerprint density at radius 2 is 1.48 bits per heavy atom. The van der Waals surface area contributed by atoms with Gasteiger partial charge >= 0.3 is 18.4 Å². The fourth-order valence-electron chi connectivity index (χ4n) is 4.68. The monoisotopic (exact) mass is 576 g/mol. The van der Waals surface area contributed by atoms with Crippen molar-refractivity contribution in [1.29, 1.82) is 0 Å². The predicted octanol–water partition coefficient (Wildman–Crippen LogP) is 7.42. The molecule has 40 heavy (non-hydrogen) atoms. The Hall–Kier alpha value is -3.31. The van der Waals surface area contributed by atoms with Gasteiger partial charge in [0.05, 0.1) is 17.2 Å². The number of benzene rings is 2. The van der Waals surface area contributed by atoms with Crippen LogP contribution in [0.3, 0.4) is 0 Å². The SMILES string of the molecule is C[C@@H](c1cc(C(F)(F)F)cc(C(F)(F)F)c1)N(C)C(=O)[C@H]1CCN(C(=O)OC(C)(C)C)C[C@@H]1c1ccc(F)cc1. The minimum atomic E-state index is -5.03. The van der Waals surface area contributed by atoms with Crippen LogP contribution in [0.2, 0.25) is 0 Å². The van der Waals surface area contributed by atoms with E-state index in [1.165, 1.54) is 43.1 Å². The Kier molecular flexibility index (Phi) is 8.81. The van der Waals surface area contributed by atoms with Crippen LogP contribution in [-0.4, -0.2) is 47.5 Å². The molecule has 0 unspecified atom stereocenters. The third-order valence-electron chi connectivity index (χ3n) is 6.90. The highest BCUT2D eigenvalue weighted by Gasteiger charge is 2.41. The van der Waals surface area contributed by atoms with Crippen LogP contribution in [0, 0.1) is 11.7 Å². The van der Waals surface area contributed by atoms with Crippen LogP contribution < -0.4 is 0 Å². The number of rotatable bonds is 4. The van der Waals surface area contributed by atoms with Crippen molar-refractivity contribution in [2.45, 2.75) is 64.0 Å². The van der Waals surface area contributed by atoms with Gasteiger partial charge in [0.2, 0.25) is 5.91 Å². The van der Waals surface area contributed by atoms with Gasteiger partial charge < -0.3 is 14.5 Å². The number of halogens is 7. The number of nitrogens with zero attached hydrogens (tertiary/aromatic N) is 2. The standard InChI is InChI=1S/C28H31F7N2O3/c1-16(18-12-19(27(30,31)32)14-20(13-18)28(33,34)35)36(5)24(38)22-10-11-37(25(39)40-26(2,3)4)15-23(22)17-6-8-21(29)9-7-17/h6-9,12-14,16,22-23H,10-11,15H2,1-5H3/t16-,22-,23+/m0/s1. The predicted molar refractivity (Wildman–Crippen MR) is 133 cm³/mol. The summed E-state index contributed by atoms with van der Waals surface area (Å²) in [5, 5.41) is 0. The maximum Gasteiger partial charge on any atom is 0.416 e. The lowest BCUT2D eigenvalue weighted by Crippen LogP contribution is -2.49. The Bertz CT molecular complexity index is 1190. The first-order valence-electron chi connectivity index (χ1n) is 12.6. The first kappa shape index (κ1) is 31.2. The molecule has 0 N–H and O–H groups in total. The van der Waals surface area contributed by atoms with Gasteiger partial charge in [-0.15, -0.1) is 0 Å². The maximum absolute atomic E-state index is 13.7. The van der Waals surface area contributed by atoms with Crippen molar-refractivity contribution < 1.29 is 45.1 Å². The molecule has 3 atom stereocenters. The molecule has 0 radical (unpaired) electrons. The lowest BCUT2D eigenvalue weighted by Gasteiger charge is -2.41. The fraction of sp³-hybridized carbons (Fsp3) is 0.500. The summed E-state index contributed by atoms with van der Waals surface area (Å²) in [4.78, 5) is 29.0. The highest BCUT2D eigenvalue weighted by molar-refractivity contribution is 5.81. The van der Waals surface area contributed by atoms with Crippen LogP contribution in [0.25, 0.3) is 0 Å². The van der Waals surface area contributed by atoms with E-state index in [2.05, 4.69) is 0 Å². The van der Waals surface area contributed by atoms with Gasteiger partial charge in [-0.3, -0.25) is 4.79 Å². The van der Waals surface area contributed by atoms with Gasteiger partial charge in [0.15, 0.2) is 0 Å². The van der Waals surface area contributed by atoms with E-state index < -0.39 is 64.8 Å². The average Bonchev–Trinajstić information content (AvgIpc) is 2.85. The molecule has 2 amide bonds. The van der Waals surface area contributed by atoms with Crippen molar-refractivity contribution in [1.82, 2.24) is 9.80 Å². The van der Waals surface area contributed by atoms with E-state index >= 15 is 0 Å². The molecule has 1 aliphatic heterocycles. The van der Waals surface area contributed by atoms with Gasteiger partial charge in [-0.25, -0.2) is 9.18 Å². The molecule has 0 bridgehead atoms. The molecular formula is C28H31F7N2O3. The van der Waals surface area contributed by atoms with Crippen molar-refractivity contribution in [3.8, 4) is 0 Å². The van der Waals surface area contributed by atoms with E-state index in [0.717, 1.165) is 4.90 Å². The van der Waals surface area contributed by atoms with Crippen molar-refractivity contribution in [3.05, 3.63) is 70.5 Å². The lowest BCUT2D eigenvalue weighted by atomic mass is 9.79. The Balaban J connectivity index is 1.93. The van der Waals surface area contributed by atoms with Gasteiger partial charge in [0.25, 0.3) is 0 Å². The number of ether oxygens (including phenoxy) is 1. The Labute approximate surface area is 227 Å². The number of alkyl halides is 6. The molecule has 1 fully saturated rings. The molecule has 1 saturated heterocycles. The average molecular weight is 577 g/mol. The molecule has 220 valence electrons. The zero-order chi connectivity index (χ0) is 30.2. The van der Waals surface area contributed by atoms with Gasteiger partial charge in [0.1, 0.15) is 11.4 Å². The summed E-state index contributed by atoms with van der Waals surface area (Å²) in [6.45, 7) is 6.62. The number of hydrogen-bond donors (Lipinski definition) is 0. The minimum absolute atomic E-state index is 0.0367. The highest BCUT2D eigenvalue weighted by atomic mass is 19.4. The van der Waals surface area contributed by atoms with Crippen molar-refractivity contribution >= 4 is 12.0 Å². The largest absolute Gasteiger partial charge is 0.444 e. The van der Waals surface area contributed by atoms with Crippen LogP contribution in [0.4, 0.5) is 35.5 Å². The molecule has 3 rings (SSSR count). The molecule has 0 aromatic heterocycles.